The maximum Gasteiger partial charge on any atom is 0.243 e. The van der Waals surface area contributed by atoms with Gasteiger partial charge in [-0.25, -0.2) is 13.4 Å². The van der Waals surface area contributed by atoms with E-state index in [0.717, 1.165) is 53.0 Å². The maximum atomic E-state index is 13.4. The van der Waals surface area contributed by atoms with Crippen LogP contribution < -0.4 is 14.3 Å². The number of sulfonamides is 1. The molecular weight excluding hydrogens is 530 g/mol. The summed E-state index contributed by atoms with van der Waals surface area (Å²) in [4.78, 5) is 6.10. The van der Waals surface area contributed by atoms with Crippen molar-refractivity contribution in [2.45, 2.75) is 37.1 Å². The summed E-state index contributed by atoms with van der Waals surface area (Å²) in [5, 5.41) is 2.06. The van der Waals surface area contributed by atoms with E-state index in [0.29, 0.717) is 36.0 Å². The van der Waals surface area contributed by atoms with Crippen molar-refractivity contribution in [1.82, 2.24) is 8.87 Å². The van der Waals surface area contributed by atoms with Gasteiger partial charge in [-0.05, 0) is 61.2 Å². The van der Waals surface area contributed by atoms with Gasteiger partial charge in [-0.3, -0.25) is 0 Å². The van der Waals surface area contributed by atoms with Crippen molar-refractivity contribution in [2.24, 2.45) is 4.99 Å². The van der Waals surface area contributed by atoms with Crippen molar-refractivity contribution >= 4 is 27.0 Å². The minimum absolute atomic E-state index is 0.334. The Hall–Kier alpha value is -3.40. The highest BCUT2D eigenvalue weighted by Gasteiger charge is 2.26. The molecule has 3 aromatic carbocycles. The monoisotopic (exact) mass is 563 g/mol. The van der Waals surface area contributed by atoms with Gasteiger partial charge >= 0.3 is 0 Å². The van der Waals surface area contributed by atoms with Crippen molar-refractivity contribution in [2.75, 3.05) is 27.3 Å². The van der Waals surface area contributed by atoms with Gasteiger partial charge in [0.15, 0.2) is 16.3 Å². The van der Waals surface area contributed by atoms with Gasteiger partial charge in [0.2, 0.25) is 10.0 Å². The predicted octanol–water partition coefficient (Wildman–Crippen LogP) is 5.88. The molecule has 0 bridgehead atoms. The number of benzene rings is 3. The molecule has 1 fully saturated rings. The van der Waals surface area contributed by atoms with Crippen molar-refractivity contribution in [3.63, 3.8) is 0 Å². The first-order chi connectivity index (χ1) is 19.0. The SMILES string of the molecule is COc1ccc(CCn2c(-c3cccc(S(=O)(=O)N4CCCCC4)c3)csc2=Nc2ccccc2)cc1OC. The van der Waals surface area contributed by atoms with E-state index in [1.165, 1.54) is 0 Å². The molecular formula is C30H33N3O4S2. The fraction of sp³-hybridized carbons (Fsp3) is 0.300. The van der Waals surface area contributed by atoms with Crippen LogP contribution in [0.5, 0.6) is 11.5 Å². The lowest BCUT2D eigenvalue weighted by molar-refractivity contribution is 0.346. The lowest BCUT2D eigenvalue weighted by Gasteiger charge is -2.26. The number of rotatable bonds is 9. The number of hydrogen-bond donors (Lipinski definition) is 0. The van der Waals surface area contributed by atoms with Crippen LogP contribution in [0.1, 0.15) is 24.8 Å². The summed E-state index contributed by atoms with van der Waals surface area (Å²) in [5.41, 5.74) is 3.76. The molecule has 0 N–H and O–H groups in total. The third-order valence-corrected chi connectivity index (χ3v) is 9.69. The maximum absolute atomic E-state index is 13.4. The van der Waals surface area contributed by atoms with E-state index in [1.807, 2.05) is 60.7 Å². The molecule has 0 aliphatic carbocycles. The first kappa shape index (κ1) is 27.2. The van der Waals surface area contributed by atoms with Crippen LogP contribution in [0, 0.1) is 0 Å². The summed E-state index contributed by atoms with van der Waals surface area (Å²) in [5.74, 6) is 1.38. The van der Waals surface area contributed by atoms with Crippen LogP contribution in [0.3, 0.4) is 0 Å². The Labute approximate surface area is 234 Å². The number of piperidine rings is 1. The molecule has 0 unspecified atom stereocenters. The zero-order chi connectivity index (χ0) is 27.2. The Kier molecular flexibility index (Phi) is 8.50. The zero-order valence-corrected chi connectivity index (χ0v) is 23.9. The Morgan fingerprint density at radius 2 is 1.64 bits per heavy atom. The van der Waals surface area contributed by atoms with E-state index >= 15 is 0 Å². The molecule has 2 heterocycles. The quantitative estimate of drug-likeness (QED) is 0.255. The lowest BCUT2D eigenvalue weighted by atomic mass is 10.1. The van der Waals surface area contributed by atoms with E-state index in [-0.39, 0.29) is 0 Å². The minimum Gasteiger partial charge on any atom is -0.493 e. The van der Waals surface area contributed by atoms with E-state index in [1.54, 1.807) is 42.0 Å². The second-order valence-corrected chi connectivity index (χ2v) is 12.2. The number of nitrogens with zero attached hydrogens (tertiary/aromatic N) is 3. The molecule has 1 aromatic heterocycles. The topological polar surface area (TPSA) is 73.1 Å². The summed E-state index contributed by atoms with van der Waals surface area (Å²) in [6, 6.07) is 23.1. The molecule has 204 valence electrons. The van der Waals surface area contributed by atoms with Gasteiger partial charge in [0, 0.05) is 30.6 Å². The number of methoxy groups -OCH3 is 2. The van der Waals surface area contributed by atoms with Gasteiger partial charge in [-0.2, -0.15) is 4.31 Å². The minimum atomic E-state index is -3.54. The Bertz CT molecular complexity index is 1590. The van der Waals surface area contributed by atoms with Gasteiger partial charge in [0.05, 0.1) is 30.5 Å². The van der Waals surface area contributed by atoms with E-state index in [9.17, 15) is 8.42 Å². The molecule has 1 saturated heterocycles. The number of hydrogen-bond acceptors (Lipinski definition) is 6. The molecule has 0 radical (unpaired) electrons. The van der Waals surface area contributed by atoms with E-state index in [2.05, 4.69) is 9.95 Å². The summed E-state index contributed by atoms with van der Waals surface area (Å²) in [6.45, 7) is 1.82. The second-order valence-electron chi connectivity index (χ2n) is 9.43. The van der Waals surface area contributed by atoms with Gasteiger partial charge in [0.1, 0.15) is 0 Å². The van der Waals surface area contributed by atoms with Crippen molar-refractivity contribution in [3.8, 4) is 22.8 Å². The molecule has 9 heteroatoms. The number of thiazole rings is 1. The molecule has 0 amide bonds. The Morgan fingerprint density at radius 1 is 0.872 bits per heavy atom. The van der Waals surface area contributed by atoms with Crippen LogP contribution in [-0.4, -0.2) is 44.6 Å². The van der Waals surface area contributed by atoms with E-state index < -0.39 is 10.0 Å². The first-order valence-corrected chi connectivity index (χ1v) is 15.4. The summed E-state index contributed by atoms with van der Waals surface area (Å²) >= 11 is 1.55. The Balaban J connectivity index is 1.53. The molecule has 1 aliphatic rings. The zero-order valence-electron chi connectivity index (χ0n) is 22.2. The highest BCUT2D eigenvalue weighted by Crippen LogP contribution is 2.29. The third kappa shape index (κ3) is 6.11. The third-order valence-electron chi connectivity index (χ3n) is 6.93. The molecule has 0 atom stereocenters. The molecule has 1 aliphatic heterocycles. The average molecular weight is 564 g/mol. The highest BCUT2D eigenvalue weighted by atomic mass is 32.2. The van der Waals surface area contributed by atoms with Crippen molar-refractivity contribution in [1.29, 1.82) is 0 Å². The van der Waals surface area contributed by atoms with Crippen molar-refractivity contribution < 1.29 is 17.9 Å². The van der Waals surface area contributed by atoms with E-state index in [4.69, 9.17) is 14.5 Å². The highest BCUT2D eigenvalue weighted by molar-refractivity contribution is 7.89. The second kappa shape index (κ2) is 12.2. The van der Waals surface area contributed by atoms with Gasteiger partial charge in [-0.15, -0.1) is 11.3 Å². The fourth-order valence-corrected chi connectivity index (χ4v) is 7.34. The number of para-hydroxylation sites is 1. The molecule has 5 rings (SSSR count). The first-order valence-electron chi connectivity index (χ1n) is 13.1. The predicted molar refractivity (Wildman–Crippen MR) is 155 cm³/mol. The Morgan fingerprint density at radius 3 is 2.38 bits per heavy atom. The van der Waals surface area contributed by atoms with Crippen LogP contribution in [0.15, 0.2) is 88.1 Å². The summed E-state index contributed by atoms with van der Waals surface area (Å²) in [7, 11) is -0.277. The normalized spacial score (nSPS) is 14.9. The fourth-order valence-electron chi connectivity index (χ4n) is 4.83. The summed E-state index contributed by atoms with van der Waals surface area (Å²) < 4.78 is 41.5. The number of ether oxygens (including phenoxy) is 2. The van der Waals surface area contributed by atoms with Crippen LogP contribution in [-0.2, 0) is 23.0 Å². The molecule has 0 saturated carbocycles. The lowest BCUT2D eigenvalue weighted by Crippen LogP contribution is -2.35. The van der Waals surface area contributed by atoms with Crippen LogP contribution in [0.2, 0.25) is 0 Å². The molecule has 0 spiro atoms. The largest absolute Gasteiger partial charge is 0.493 e. The van der Waals surface area contributed by atoms with Gasteiger partial charge in [-0.1, -0.05) is 42.8 Å². The standard InChI is InChI=1S/C30H33N3O4S2/c1-36-28-15-14-23(20-29(28)37-2)16-19-33-27(22-38-30(33)31-25-11-5-3-6-12-25)24-10-9-13-26(21-24)39(34,35)32-17-7-4-8-18-32/h3,5-6,9-15,20-22H,4,7-8,16-19H2,1-2H3. The molecule has 4 aromatic rings. The molecule has 39 heavy (non-hydrogen) atoms. The van der Waals surface area contributed by atoms with Crippen LogP contribution in [0.4, 0.5) is 5.69 Å². The smallest absolute Gasteiger partial charge is 0.243 e. The summed E-state index contributed by atoms with van der Waals surface area (Å²) in [6.07, 6.45) is 3.63. The molecule has 7 nitrogen and oxygen atoms in total. The van der Waals surface area contributed by atoms with Crippen LogP contribution >= 0.6 is 11.3 Å². The van der Waals surface area contributed by atoms with Crippen LogP contribution in [0.25, 0.3) is 11.3 Å². The average Bonchev–Trinajstić information content (AvgIpc) is 3.39. The van der Waals surface area contributed by atoms with Gasteiger partial charge in [0.25, 0.3) is 0 Å². The number of aromatic nitrogens is 1. The van der Waals surface area contributed by atoms with Crippen molar-refractivity contribution in [3.05, 3.63) is 88.5 Å². The number of aryl methyl sites for hydroxylation is 1. The van der Waals surface area contributed by atoms with Gasteiger partial charge < -0.3 is 14.0 Å².